The zero-order valence-electron chi connectivity index (χ0n) is 11.1. The number of carbonyl (C=O) groups is 2. The molecule has 0 N–H and O–H groups in total. The van der Waals surface area contributed by atoms with E-state index in [9.17, 15) is 14.4 Å². The average molecular weight is 261 g/mol. The molecule has 0 saturated carbocycles. The summed E-state index contributed by atoms with van der Waals surface area (Å²) in [6, 6.07) is 4.59. The molecule has 0 aliphatic rings. The lowest BCUT2D eigenvalue weighted by molar-refractivity contribution is -0.115. The van der Waals surface area contributed by atoms with Crippen LogP contribution in [0.5, 0.6) is 0 Å². The quantitative estimate of drug-likeness (QED) is 0.623. The van der Waals surface area contributed by atoms with Crippen molar-refractivity contribution in [2.75, 3.05) is 0 Å². The minimum Gasteiger partial charge on any atom is -0.408 e. The number of hydrogen-bond acceptors (Lipinski definition) is 4. The minimum absolute atomic E-state index is 0.134. The topological polar surface area (TPSA) is 69.3 Å². The zero-order chi connectivity index (χ0) is 14.2. The van der Waals surface area contributed by atoms with E-state index in [1.165, 1.54) is 16.7 Å². The van der Waals surface area contributed by atoms with Gasteiger partial charge >= 0.3 is 5.76 Å². The number of carbonyl (C=O) groups excluding carboxylic acids is 2. The molecule has 0 unspecified atom stereocenters. The van der Waals surface area contributed by atoms with Crippen LogP contribution in [0, 0.1) is 5.92 Å². The van der Waals surface area contributed by atoms with Crippen LogP contribution in [0.2, 0.25) is 0 Å². The van der Waals surface area contributed by atoms with Crippen molar-refractivity contribution in [2.24, 2.45) is 13.0 Å². The molecule has 0 saturated heterocycles. The third kappa shape index (κ3) is 2.50. The van der Waals surface area contributed by atoms with Gasteiger partial charge in [-0.25, -0.2) is 4.79 Å². The average Bonchev–Trinajstić information content (AvgIpc) is 2.63. The predicted octanol–water partition coefficient (Wildman–Crippen LogP) is 1.93. The van der Waals surface area contributed by atoms with E-state index in [1.54, 1.807) is 13.1 Å². The van der Waals surface area contributed by atoms with Gasteiger partial charge in [-0.2, -0.15) is 0 Å². The van der Waals surface area contributed by atoms with Gasteiger partial charge in [0.2, 0.25) is 11.6 Å². The molecule has 19 heavy (non-hydrogen) atoms. The van der Waals surface area contributed by atoms with Crippen molar-refractivity contribution in [1.29, 1.82) is 0 Å². The number of aromatic nitrogens is 1. The van der Waals surface area contributed by atoms with Gasteiger partial charge in [0.25, 0.3) is 0 Å². The second-order valence-electron chi connectivity index (χ2n) is 4.96. The summed E-state index contributed by atoms with van der Waals surface area (Å²) >= 11 is 0. The van der Waals surface area contributed by atoms with Gasteiger partial charge in [-0.3, -0.25) is 14.2 Å². The van der Waals surface area contributed by atoms with Gasteiger partial charge in [0.1, 0.15) is 0 Å². The zero-order valence-corrected chi connectivity index (χ0v) is 11.1. The van der Waals surface area contributed by atoms with Crippen molar-refractivity contribution >= 4 is 22.7 Å². The van der Waals surface area contributed by atoms with Crippen molar-refractivity contribution < 1.29 is 14.0 Å². The highest BCUT2D eigenvalue weighted by Gasteiger charge is 2.18. The molecule has 100 valence electrons. The molecule has 0 aliphatic heterocycles. The smallest absolute Gasteiger partial charge is 0.408 e. The first kappa shape index (κ1) is 13.3. The van der Waals surface area contributed by atoms with Crippen LogP contribution in [0.1, 0.15) is 30.6 Å². The summed E-state index contributed by atoms with van der Waals surface area (Å²) in [5, 5.41) is 0. The van der Waals surface area contributed by atoms with Crippen molar-refractivity contribution in [2.45, 2.75) is 20.3 Å². The molecule has 0 radical (unpaired) electrons. The third-order valence-electron chi connectivity index (χ3n) is 2.90. The summed E-state index contributed by atoms with van der Waals surface area (Å²) in [6.45, 7) is 3.76. The summed E-state index contributed by atoms with van der Waals surface area (Å²) < 4.78 is 6.34. The highest BCUT2D eigenvalue weighted by atomic mass is 16.4. The van der Waals surface area contributed by atoms with Gasteiger partial charge in [-0.15, -0.1) is 0 Å². The Balaban J connectivity index is 2.38. The number of hydrogen-bond donors (Lipinski definition) is 0. The summed E-state index contributed by atoms with van der Waals surface area (Å²) in [5.74, 6) is -1.32. The fraction of sp³-hybridized carbons (Fsp3) is 0.357. The van der Waals surface area contributed by atoms with E-state index in [-0.39, 0.29) is 17.9 Å². The van der Waals surface area contributed by atoms with Crippen molar-refractivity contribution in [3.8, 4) is 0 Å². The van der Waals surface area contributed by atoms with Crippen LogP contribution in [0.4, 0.5) is 0 Å². The lowest BCUT2D eigenvalue weighted by atomic mass is 10.00. The van der Waals surface area contributed by atoms with Gasteiger partial charge in [0, 0.05) is 19.0 Å². The molecule has 0 bridgehead atoms. The number of fused-ring (bicyclic) bond motifs is 1. The summed E-state index contributed by atoms with van der Waals surface area (Å²) in [5.41, 5.74) is 1.17. The maximum absolute atomic E-state index is 11.9. The predicted molar refractivity (Wildman–Crippen MR) is 70.2 cm³/mol. The third-order valence-corrected chi connectivity index (χ3v) is 2.90. The summed E-state index contributed by atoms with van der Waals surface area (Å²) in [6.07, 6.45) is 0.218. The maximum atomic E-state index is 11.9. The van der Waals surface area contributed by atoms with Crippen molar-refractivity contribution in [3.63, 3.8) is 0 Å². The van der Waals surface area contributed by atoms with E-state index < -0.39 is 17.3 Å². The van der Waals surface area contributed by atoms with E-state index in [0.29, 0.717) is 11.1 Å². The van der Waals surface area contributed by atoms with E-state index in [0.717, 1.165) is 0 Å². The molecule has 2 rings (SSSR count). The SMILES string of the molecule is CC(C)CC(=O)C(=O)c1ccc2c(c1)oc(=O)n2C. The number of oxazole rings is 1. The molecule has 5 nitrogen and oxygen atoms in total. The highest BCUT2D eigenvalue weighted by molar-refractivity contribution is 6.43. The van der Waals surface area contributed by atoms with E-state index in [4.69, 9.17) is 4.42 Å². The van der Waals surface area contributed by atoms with Gasteiger partial charge in [0.15, 0.2) is 5.58 Å². The van der Waals surface area contributed by atoms with Gasteiger partial charge < -0.3 is 4.42 Å². The monoisotopic (exact) mass is 261 g/mol. The molecular weight excluding hydrogens is 246 g/mol. The van der Waals surface area contributed by atoms with Gasteiger partial charge in [0.05, 0.1) is 5.52 Å². The first-order valence-corrected chi connectivity index (χ1v) is 6.07. The Morgan fingerprint density at radius 2 is 2.00 bits per heavy atom. The Bertz CT molecular complexity index is 706. The van der Waals surface area contributed by atoms with E-state index >= 15 is 0 Å². The summed E-state index contributed by atoms with van der Waals surface area (Å²) in [4.78, 5) is 35.0. The van der Waals surface area contributed by atoms with Crippen LogP contribution in [0.3, 0.4) is 0 Å². The van der Waals surface area contributed by atoms with Crippen LogP contribution in [0.15, 0.2) is 27.4 Å². The molecule has 1 aromatic heterocycles. The molecule has 1 heterocycles. The standard InChI is InChI=1S/C14H15NO4/c1-8(2)6-11(16)13(17)9-4-5-10-12(7-9)19-14(18)15(10)3/h4-5,7-8H,6H2,1-3H3. The Morgan fingerprint density at radius 3 is 2.63 bits per heavy atom. The molecule has 0 amide bonds. The number of Topliss-reactive ketones (excluding diaryl/α,β-unsaturated/α-hetero) is 2. The second kappa shape index (κ2) is 4.84. The first-order chi connectivity index (χ1) is 8.90. The van der Waals surface area contributed by atoms with Crippen LogP contribution in [-0.4, -0.2) is 16.1 Å². The van der Waals surface area contributed by atoms with E-state index in [1.807, 2.05) is 13.8 Å². The Hall–Kier alpha value is -2.17. The first-order valence-electron chi connectivity index (χ1n) is 6.07. The Labute approximate surface area is 109 Å². The minimum atomic E-state index is -0.540. The number of rotatable bonds is 4. The largest absolute Gasteiger partial charge is 0.419 e. The highest BCUT2D eigenvalue weighted by Crippen LogP contribution is 2.16. The lowest BCUT2D eigenvalue weighted by Gasteiger charge is -2.03. The molecule has 1 aromatic carbocycles. The number of benzene rings is 1. The molecule has 5 heteroatoms. The molecular formula is C14H15NO4. The van der Waals surface area contributed by atoms with Crippen molar-refractivity contribution in [3.05, 3.63) is 34.3 Å². The summed E-state index contributed by atoms with van der Waals surface area (Å²) in [7, 11) is 1.58. The molecule has 0 aliphatic carbocycles. The second-order valence-corrected chi connectivity index (χ2v) is 4.96. The van der Waals surface area contributed by atoms with Gasteiger partial charge in [-0.05, 0) is 24.1 Å². The normalized spacial score (nSPS) is 11.2. The number of ketones is 2. The fourth-order valence-corrected chi connectivity index (χ4v) is 1.90. The van der Waals surface area contributed by atoms with E-state index in [2.05, 4.69) is 0 Å². The van der Waals surface area contributed by atoms with Crippen LogP contribution in [-0.2, 0) is 11.8 Å². The molecule has 0 spiro atoms. The maximum Gasteiger partial charge on any atom is 0.419 e. The Morgan fingerprint density at radius 1 is 1.32 bits per heavy atom. The Kier molecular flexibility index (Phi) is 3.38. The van der Waals surface area contributed by atoms with Crippen molar-refractivity contribution in [1.82, 2.24) is 4.57 Å². The van der Waals surface area contributed by atoms with Crippen LogP contribution in [0.25, 0.3) is 11.1 Å². The van der Waals surface area contributed by atoms with Gasteiger partial charge in [-0.1, -0.05) is 13.8 Å². The molecule has 0 atom stereocenters. The molecule has 0 fully saturated rings. The van der Waals surface area contributed by atoms with Crippen LogP contribution >= 0.6 is 0 Å². The fourth-order valence-electron chi connectivity index (χ4n) is 1.90. The number of aryl methyl sites for hydroxylation is 1. The number of nitrogens with zero attached hydrogens (tertiary/aromatic N) is 1. The molecule has 2 aromatic rings. The lowest BCUT2D eigenvalue weighted by Crippen LogP contribution is -2.16. The van der Waals surface area contributed by atoms with Crippen LogP contribution < -0.4 is 5.76 Å².